The molecule has 6 heteroatoms. The molecule has 142 valence electrons. The number of methoxy groups -OCH3 is 1. The fraction of sp³-hybridized carbons (Fsp3) is 0.429. The quantitative estimate of drug-likeness (QED) is 0.787. The number of rotatable bonds is 7. The highest BCUT2D eigenvalue weighted by atomic mass is 16.5. The second-order valence-corrected chi connectivity index (χ2v) is 7.32. The van der Waals surface area contributed by atoms with Gasteiger partial charge in [-0.25, -0.2) is 4.98 Å². The minimum atomic E-state index is -0.0178. The van der Waals surface area contributed by atoms with E-state index in [-0.39, 0.29) is 5.91 Å². The zero-order valence-corrected chi connectivity index (χ0v) is 15.6. The van der Waals surface area contributed by atoms with Crippen LogP contribution in [0.25, 0.3) is 0 Å². The Balaban J connectivity index is 1.29. The van der Waals surface area contributed by atoms with Gasteiger partial charge in [0.25, 0.3) is 5.91 Å². The minimum absolute atomic E-state index is 0.0178. The SMILES string of the molecule is COc1cccc(CN[C@@H]2CCN(c3ccc(C(=O)NC4CC4)cn3)C2)c1. The number of amides is 1. The van der Waals surface area contributed by atoms with Crippen LogP contribution in [0.2, 0.25) is 0 Å². The van der Waals surface area contributed by atoms with Gasteiger partial charge in [-0.1, -0.05) is 12.1 Å². The molecule has 2 fully saturated rings. The Labute approximate surface area is 159 Å². The molecule has 0 unspecified atom stereocenters. The van der Waals surface area contributed by atoms with Gasteiger partial charge in [-0.2, -0.15) is 0 Å². The van der Waals surface area contributed by atoms with Gasteiger partial charge in [-0.15, -0.1) is 0 Å². The number of carbonyl (C=O) groups excluding carboxylic acids is 1. The molecule has 1 amide bonds. The van der Waals surface area contributed by atoms with E-state index in [1.165, 1.54) is 5.56 Å². The lowest BCUT2D eigenvalue weighted by atomic mass is 10.2. The van der Waals surface area contributed by atoms with Gasteiger partial charge >= 0.3 is 0 Å². The van der Waals surface area contributed by atoms with E-state index < -0.39 is 0 Å². The number of pyridine rings is 1. The van der Waals surface area contributed by atoms with Crippen molar-refractivity contribution in [3.63, 3.8) is 0 Å². The van der Waals surface area contributed by atoms with Crippen molar-refractivity contribution >= 4 is 11.7 Å². The van der Waals surface area contributed by atoms with Crippen molar-refractivity contribution in [2.45, 2.75) is 37.9 Å². The summed E-state index contributed by atoms with van der Waals surface area (Å²) in [6.45, 7) is 2.71. The fourth-order valence-corrected chi connectivity index (χ4v) is 3.38. The van der Waals surface area contributed by atoms with Crippen LogP contribution >= 0.6 is 0 Å². The van der Waals surface area contributed by atoms with Gasteiger partial charge in [0.1, 0.15) is 11.6 Å². The normalized spacial score (nSPS) is 19.1. The predicted molar refractivity (Wildman–Crippen MR) is 105 cm³/mol. The first-order chi connectivity index (χ1) is 13.2. The Morgan fingerprint density at radius 1 is 1.22 bits per heavy atom. The Bertz CT molecular complexity index is 789. The Kier molecular flexibility index (Phi) is 5.25. The highest BCUT2D eigenvalue weighted by Crippen LogP contribution is 2.21. The van der Waals surface area contributed by atoms with Crippen molar-refractivity contribution in [1.29, 1.82) is 0 Å². The number of anilines is 1. The van der Waals surface area contributed by atoms with Crippen molar-refractivity contribution in [3.8, 4) is 5.75 Å². The van der Waals surface area contributed by atoms with Crippen molar-refractivity contribution < 1.29 is 9.53 Å². The lowest BCUT2D eigenvalue weighted by Crippen LogP contribution is -2.32. The van der Waals surface area contributed by atoms with Crippen LogP contribution in [0, 0.1) is 0 Å². The number of hydrogen-bond donors (Lipinski definition) is 2. The van der Waals surface area contributed by atoms with Gasteiger partial charge in [0, 0.05) is 37.9 Å². The van der Waals surface area contributed by atoms with Crippen molar-refractivity contribution in [2.75, 3.05) is 25.1 Å². The van der Waals surface area contributed by atoms with E-state index in [1.54, 1.807) is 13.3 Å². The van der Waals surface area contributed by atoms with Crippen molar-refractivity contribution in [3.05, 3.63) is 53.7 Å². The molecule has 2 heterocycles. The second kappa shape index (κ2) is 7.96. The van der Waals surface area contributed by atoms with E-state index in [1.807, 2.05) is 24.3 Å². The summed E-state index contributed by atoms with van der Waals surface area (Å²) >= 11 is 0. The monoisotopic (exact) mass is 366 g/mol. The smallest absolute Gasteiger partial charge is 0.253 e. The Hall–Kier alpha value is -2.60. The highest BCUT2D eigenvalue weighted by molar-refractivity contribution is 5.94. The number of nitrogens with one attached hydrogen (secondary N) is 2. The minimum Gasteiger partial charge on any atom is -0.497 e. The Morgan fingerprint density at radius 2 is 2.11 bits per heavy atom. The fourth-order valence-electron chi connectivity index (χ4n) is 3.38. The average molecular weight is 366 g/mol. The number of ether oxygens (including phenoxy) is 1. The van der Waals surface area contributed by atoms with E-state index in [4.69, 9.17) is 4.74 Å². The molecule has 0 radical (unpaired) electrons. The van der Waals surface area contributed by atoms with Crippen LogP contribution in [-0.2, 0) is 6.54 Å². The molecule has 1 saturated carbocycles. The molecule has 2 N–H and O–H groups in total. The molecule has 1 aliphatic heterocycles. The molecule has 4 rings (SSSR count). The summed E-state index contributed by atoms with van der Waals surface area (Å²) in [5, 5.41) is 6.61. The molecule has 2 aliphatic rings. The first-order valence-electron chi connectivity index (χ1n) is 9.59. The van der Waals surface area contributed by atoms with Gasteiger partial charge in [-0.05, 0) is 49.1 Å². The predicted octanol–water partition coefficient (Wildman–Crippen LogP) is 2.35. The molecule has 0 spiro atoms. The van der Waals surface area contributed by atoms with Gasteiger partial charge < -0.3 is 20.3 Å². The summed E-state index contributed by atoms with van der Waals surface area (Å²) < 4.78 is 5.28. The van der Waals surface area contributed by atoms with E-state index in [2.05, 4.69) is 32.7 Å². The number of benzene rings is 1. The van der Waals surface area contributed by atoms with E-state index in [0.717, 1.165) is 50.5 Å². The third-order valence-corrected chi connectivity index (χ3v) is 5.16. The van der Waals surface area contributed by atoms with Crippen LogP contribution in [0.5, 0.6) is 5.75 Å². The lowest BCUT2D eigenvalue weighted by Gasteiger charge is -2.18. The van der Waals surface area contributed by atoms with Crippen LogP contribution in [0.1, 0.15) is 35.2 Å². The van der Waals surface area contributed by atoms with Crippen LogP contribution < -0.4 is 20.3 Å². The van der Waals surface area contributed by atoms with Crippen molar-refractivity contribution in [2.24, 2.45) is 0 Å². The Morgan fingerprint density at radius 3 is 2.85 bits per heavy atom. The van der Waals surface area contributed by atoms with Gasteiger partial charge in [-0.3, -0.25) is 4.79 Å². The molecule has 27 heavy (non-hydrogen) atoms. The first-order valence-corrected chi connectivity index (χ1v) is 9.59. The number of carbonyl (C=O) groups is 1. The maximum absolute atomic E-state index is 12.1. The van der Waals surface area contributed by atoms with Crippen LogP contribution in [0.3, 0.4) is 0 Å². The highest BCUT2D eigenvalue weighted by Gasteiger charge is 2.25. The second-order valence-electron chi connectivity index (χ2n) is 7.32. The molecule has 2 aromatic rings. The van der Waals surface area contributed by atoms with Gasteiger partial charge in [0.15, 0.2) is 0 Å². The molecule has 0 bridgehead atoms. The number of nitrogens with zero attached hydrogens (tertiary/aromatic N) is 2. The van der Waals surface area contributed by atoms with E-state index in [0.29, 0.717) is 17.6 Å². The topological polar surface area (TPSA) is 66.5 Å². The van der Waals surface area contributed by atoms with Crippen LogP contribution in [0.4, 0.5) is 5.82 Å². The molecule has 1 aromatic carbocycles. The number of hydrogen-bond acceptors (Lipinski definition) is 5. The molecular formula is C21H26N4O2. The molecule has 1 aromatic heterocycles. The van der Waals surface area contributed by atoms with Gasteiger partial charge in [0.2, 0.25) is 0 Å². The lowest BCUT2D eigenvalue weighted by molar-refractivity contribution is 0.0950. The third kappa shape index (κ3) is 4.57. The molecule has 1 saturated heterocycles. The molecule has 6 nitrogen and oxygen atoms in total. The summed E-state index contributed by atoms with van der Waals surface area (Å²) in [6.07, 6.45) is 4.95. The molecule has 1 aliphatic carbocycles. The van der Waals surface area contributed by atoms with Crippen molar-refractivity contribution in [1.82, 2.24) is 15.6 Å². The largest absolute Gasteiger partial charge is 0.497 e. The third-order valence-electron chi connectivity index (χ3n) is 5.16. The summed E-state index contributed by atoms with van der Waals surface area (Å²) in [4.78, 5) is 18.8. The number of aromatic nitrogens is 1. The maximum atomic E-state index is 12.1. The standard InChI is InChI=1S/C21H26N4O2/c1-27-19-4-2-3-15(11-19)12-22-18-9-10-25(14-18)20-8-5-16(13-23-20)21(26)24-17-6-7-17/h2-5,8,11,13,17-18,22H,6-7,9-10,12,14H2,1H3,(H,24,26)/t18-/m1/s1. The summed E-state index contributed by atoms with van der Waals surface area (Å²) in [7, 11) is 1.69. The first kappa shape index (κ1) is 17.8. The summed E-state index contributed by atoms with van der Waals surface area (Å²) in [5.74, 6) is 1.80. The average Bonchev–Trinajstić information content (AvgIpc) is 3.40. The zero-order chi connectivity index (χ0) is 18.6. The summed E-state index contributed by atoms with van der Waals surface area (Å²) in [6, 6.07) is 12.8. The molecular weight excluding hydrogens is 340 g/mol. The van der Waals surface area contributed by atoms with Crippen LogP contribution in [-0.4, -0.2) is 43.2 Å². The maximum Gasteiger partial charge on any atom is 0.253 e. The summed E-state index contributed by atoms with van der Waals surface area (Å²) in [5.41, 5.74) is 1.86. The van der Waals surface area contributed by atoms with E-state index in [9.17, 15) is 4.79 Å². The van der Waals surface area contributed by atoms with Gasteiger partial charge in [0.05, 0.1) is 12.7 Å². The van der Waals surface area contributed by atoms with E-state index >= 15 is 0 Å². The van der Waals surface area contributed by atoms with Crippen LogP contribution in [0.15, 0.2) is 42.6 Å². The zero-order valence-electron chi connectivity index (χ0n) is 15.6. The molecule has 1 atom stereocenters.